The van der Waals surface area contributed by atoms with Crippen molar-refractivity contribution < 1.29 is 22.1 Å². The molecule has 1 aromatic heterocycles. The third-order valence-corrected chi connectivity index (χ3v) is 2.98. The fraction of sp³-hybridized carbons (Fsp3) is 0.500. The van der Waals surface area contributed by atoms with Crippen LogP contribution in [-0.2, 0) is 16.5 Å². The maximum Gasteiger partial charge on any atom is 0.427 e. The number of rotatable bonds is 1. The monoisotopic (exact) mass is 256 g/mol. The molecule has 0 bridgehead atoms. The SMILES string of the molecule is N=S(N)(=O)c1cnn2c1OC(C(F)(F)F)C2. The molecule has 1 aromatic rings. The van der Waals surface area contributed by atoms with Gasteiger partial charge < -0.3 is 4.74 Å². The molecule has 2 atom stereocenters. The van der Waals surface area contributed by atoms with E-state index in [0.29, 0.717) is 0 Å². The summed E-state index contributed by atoms with van der Waals surface area (Å²) in [5.74, 6) is -0.343. The number of ether oxygens (including phenoxy) is 1. The first-order valence-corrected chi connectivity index (χ1v) is 5.67. The summed E-state index contributed by atoms with van der Waals surface area (Å²) in [5.41, 5.74) is 0. The zero-order chi connectivity index (χ0) is 12.1. The third kappa shape index (κ3) is 1.73. The van der Waals surface area contributed by atoms with Gasteiger partial charge in [0.05, 0.1) is 12.7 Å². The van der Waals surface area contributed by atoms with Crippen molar-refractivity contribution in [3.63, 3.8) is 0 Å². The van der Waals surface area contributed by atoms with Gasteiger partial charge in [-0.2, -0.15) is 18.3 Å². The van der Waals surface area contributed by atoms with Gasteiger partial charge in [0.15, 0.2) is 0 Å². The largest absolute Gasteiger partial charge is 0.462 e. The maximum absolute atomic E-state index is 12.3. The number of hydrogen-bond donors (Lipinski definition) is 2. The number of nitrogens with one attached hydrogen (secondary N) is 1. The highest BCUT2D eigenvalue weighted by molar-refractivity contribution is 7.90. The number of nitrogens with zero attached hydrogens (tertiary/aromatic N) is 2. The van der Waals surface area contributed by atoms with Crippen LogP contribution in [0.25, 0.3) is 0 Å². The Balaban J connectivity index is 2.37. The van der Waals surface area contributed by atoms with Gasteiger partial charge in [0.2, 0.25) is 12.0 Å². The summed E-state index contributed by atoms with van der Waals surface area (Å²) < 4.78 is 60.7. The van der Waals surface area contributed by atoms with Gasteiger partial charge in [-0.05, 0) is 0 Å². The van der Waals surface area contributed by atoms with Gasteiger partial charge in [0.1, 0.15) is 14.8 Å². The van der Waals surface area contributed by atoms with Crippen LogP contribution in [0.2, 0.25) is 0 Å². The second-order valence-electron chi connectivity index (χ2n) is 3.24. The number of halogens is 3. The predicted molar refractivity (Wildman–Crippen MR) is 46.0 cm³/mol. The van der Waals surface area contributed by atoms with E-state index < -0.39 is 28.7 Å². The summed E-state index contributed by atoms with van der Waals surface area (Å²) >= 11 is 0. The van der Waals surface area contributed by atoms with Crippen LogP contribution in [0.4, 0.5) is 13.2 Å². The van der Waals surface area contributed by atoms with Gasteiger partial charge in [-0.25, -0.2) is 18.8 Å². The van der Waals surface area contributed by atoms with E-state index in [9.17, 15) is 17.4 Å². The number of nitrogens with two attached hydrogens (primary N) is 1. The minimum atomic E-state index is -4.53. The molecule has 0 aliphatic carbocycles. The quantitative estimate of drug-likeness (QED) is 0.765. The van der Waals surface area contributed by atoms with Gasteiger partial charge in [-0.3, -0.25) is 0 Å². The van der Waals surface area contributed by atoms with Crippen LogP contribution in [-0.4, -0.2) is 26.3 Å². The second kappa shape index (κ2) is 3.10. The van der Waals surface area contributed by atoms with Gasteiger partial charge in [-0.15, -0.1) is 0 Å². The predicted octanol–water partition coefficient (Wildman–Crippen LogP) is 0.486. The van der Waals surface area contributed by atoms with Crippen molar-refractivity contribution in [3.8, 4) is 5.88 Å². The Morgan fingerprint density at radius 1 is 1.69 bits per heavy atom. The molecular weight excluding hydrogens is 249 g/mol. The van der Waals surface area contributed by atoms with Crippen LogP contribution >= 0.6 is 0 Å². The fourth-order valence-electron chi connectivity index (χ4n) is 1.31. The molecule has 0 amide bonds. The summed E-state index contributed by atoms with van der Waals surface area (Å²) in [7, 11) is -3.63. The molecule has 1 aliphatic rings. The summed E-state index contributed by atoms with van der Waals surface area (Å²) in [6.07, 6.45) is -5.58. The molecule has 2 rings (SSSR count). The van der Waals surface area contributed by atoms with Gasteiger partial charge in [-0.1, -0.05) is 0 Å². The van der Waals surface area contributed by atoms with E-state index in [1.807, 2.05) is 0 Å². The number of hydrogen-bond acceptors (Lipinski definition) is 4. The molecule has 16 heavy (non-hydrogen) atoms. The summed E-state index contributed by atoms with van der Waals surface area (Å²) in [4.78, 5) is -0.320. The normalized spacial score (nSPS) is 23.6. The Hall–Kier alpha value is -1.29. The Labute approximate surface area is 88.3 Å². The minimum Gasteiger partial charge on any atom is -0.462 e. The molecule has 90 valence electrons. The van der Waals surface area contributed by atoms with Crippen molar-refractivity contribution in [1.82, 2.24) is 9.78 Å². The van der Waals surface area contributed by atoms with Crippen molar-refractivity contribution in [2.45, 2.75) is 23.7 Å². The van der Waals surface area contributed by atoms with Crippen molar-refractivity contribution in [2.75, 3.05) is 0 Å². The Bertz CT molecular complexity index is 520. The highest BCUT2D eigenvalue weighted by Crippen LogP contribution is 2.35. The lowest BCUT2D eigenvalue weighted by Gasteiger charge is -2.13. The van der Waals surface area contributed by atoms with E-state index in [-0.39, 0.29) is 10.8 Å². The summed E-state index contributed by atoms with van der Waals surface area (Å²) in [6.45, 7) is -0.519. The molecule has 1 aliphatic heterocycles. The lowest BCUT2D eigenvalue weighted by molar-refractivity contribution is -0.190. The van der Waals surface area contributed by atoms with Crippen molar-refractivity contribution >= 4 is 9.92 Å². The van der Waals surface area contributed by atoms with Gasteiger partial charge in [0, 0.05) is 0 Å². The standard InChI is InChI=1S/C6H7F3N4O2S/c7-6(8,9)4-2-13-5(15-4)3(1-12-13)16(10,11)14/h1,4H,2H2,(H3,10,11,14). The zero-order valence-electron chi connectivity index (χ0n) is 7.69. The molecule has 0 saturated heterocycles. The number of fused-ring (bicyclic) bond motifs is 1. The molecule has 0 spiro atoms. The van der Waals surface area contributed by atoms with Crippen LogP contribution < -0.4 is 9.88 Å². The van der Waals surface area contributed by atoms with Gasteiger partial charge in [0.25, 0.3) is 0 Å². The highest BCUT2D eigenvalue weighted by Gasteiger charge is 2.47. The first kappa shape index (κ1) is 11.2. The van der Waals surface area contributed by atoms with Crippen LogP contribution in [0.1, 0.15) is 0 Å². The topological polar surface area (TPSA) is 94.0 Å². The second-order valence-corrected chi connectivity index (χ2v) is 4.89. The van der Waals surface area contributed by atoms with Crippen LogP contribution in [0.5, 0.6) is 5.88 Å². The molecular formula is C6H7F3N4O2S. The molecule has 0 radical (unpaired) electrons. The molecule has 3 N–H and O–H groups in total. The van der Waals surface area contributed by atoms with Crippen LogP contribution in [0.3, 0.4) is 0 Å². The molecule has 6 nitrogen and oxygen atoms in total. The zero-order valence-corrected chi connectivity index (χ0v) is 8.51. The van der Waals surface area contributed by atoms with Crippen LogP contribution in [0.15, 0.2) is 11.1 Å². The molecule has 0 saturated carbocycles. The van der Waals surface area contributed by atoms with Gasteiger partial charge >= 0.3 is 6.18 Å². The number of alkyl halides is 3. The molecule has 2 heterocycles. The third-order valence-electron chi connectivity index (χ3n) is 2.04. The first-order chi connectivity index (χ1) is 7.19. The van der Waals surface area contributed by atoms with E-state index in [2.05, 4.69) is 9.84 Å². The lowest BCUT2D eigenvalue weighted by Crippen LogP contribution is -2.33. The lowest BCUT2D eigenvalue weighted by atomic mass is 10.3. The smallest absolute Gasteiger partial charge is 0.427 e. The highest BCUT2D eigenvalue weighted by atomic mass is 32.2. The number of aromatic nitrogens is 2. The molecule has 0 fully saturated rings. The Kier molecular flexibility index (Phi) is 2.17. The van der Waals surface area contributed by atoms with E-state index in [1.165, 1.54) is 0 Å². The van der Waals surface area contributed by atoms with Crippen molar-refractivity contribution in [1.29, 1.82) is 4.78 Å². The minimum absolute atomic E-state index is 0.320. The maximum atomic E-state index is 12.3. The van der Waals surface area contributed by atoms with Crippen LogP contribution in [0, 0.1) is 4.78 Å². The van der Waals surface area contributed by atoms with E-state index in [1.54, 1.807) is 0 Å². The van der Waals surface area contributed by atoms with E-state index in [4.69, 9.17) is 9.92 Å². The Morgan fingerprint density at radius 2 is 2.31 bits per heavy atom. The average Bonchev–Trinajstić information content (AvgIpc) is 2.53. The van der Waals surface area contributed by atoms with E-state index >= 15 is 0 Å². The van der Waals surface area contributed by atoms with Crippen molar-refractivity contribution in [3.05, 3.63) is 6.20 Å². The fourth-order valence-corrected chi connectivity index (χ4v) is 1.93. The first-order valence-electron chi connectivity index (χ1n) is 4.05. The summed E-state index contributed by atoms with van der Waals surface area (Å²) in [6, 6.07) is 0. The molecule has 2 unspecified atom stereocenters. The van der Waals surface area contributed by atoms with E-state index in [0.717, 1.165) is 10.9 Å². The van der Waals surface area contributed by atoms with Crippen molar-refractivity contribution in [2.24, 2.45) is 5.14 Å². The molecule has 10 heteroatoms. The summed E-state index contributed by atoms with van der Waals surface area (Å²) in [5, 5.41) is 8.55. The average molecular weight is 256 g/mol. The Morgan fingerprint density at radius 3 is 2.81 bits per heavy atom. The molecule has 0 aromatic carbocycles.